The summed E-state index contributed by atoms with van der Waals surface area (Å²) in [7, 11) is 1.46. The van der Waals surface area contributed by atoms with Gasteiger partial charge in [0.2, 0.25) is 0 Å². The number of benzene rings is 1. The number of piperidine rings is 1. The summed E-state index contributed by atoms with van der Waals surface area (Å²) in [6.07, 6.45) is 2.09. The molecule has 1 heterocycles. The Bertz CT molecular complexity index is 557. The summed E-state index contributed by atoms with van der Waals surface area (Å²) in [6, 6.07) is 4.28. The van der Waals surface area contributed by atoms with Crippen LogP contribution in [0.1, 0.15) is 30.1 Å². The summed E-state index contributed by atoms with van der Waals surface area (Å²) in [5, 5.41) is 9.77. The molecule has 6 nitrogen and oxygen atoms in total. The zero-order valence-corrected chi connectivity index (χ0v) is 12.9. The lowest BCUT2D eigenvalue weighted by atomic mass is 10.0. The van der Waals surface area contributed by atoms with Crippen molar-refractivity contribution in [2.75, 3.05) is 26.8 Å². The fraction of sp³-hybridized carbons (Fsp3) is 0.500. The second-order valence-electron chi connectivity index (χ2n) is 5.55. The van der Waals surface area contributed by atoms with Gasteiger partial charge in [-0.2, -0.15) is 0 Å². The first-order valence-electron chi connectivity index (χ1n) is 7.33. The molecule has 1 atom stereocenters. The standard InChI is InChI=1S/C16H21NO5/c1-11-4-3-7-17(9-11)15(19)10-22-16(20)13-6-5-12(21-2)8-14(13)18/h5-6,8,11,18H,3-4,7,9-10H2,1-2H3/t11-/m1/s1. The Morgan fingerprint density at radius 3 is 2.82 bits per heavy atom. The van der Waals surface area contributed by atoms with Crippen LogP contribution in [0.4, 0.5) is 0 Å². The Hall–Kier alpha value is -2.24. The van der Waals surface area contributed by atoms with Crippen LogP contribution in [-0.2, 0) is 9.53 Å². The first kappa shape index (κ1) is 16.1. The molecule has 0 saturated carbocycles. The summed E-state index contributed by atoms with van der Waals surface area (Å²) in [5.74, 6) is -0.249. The zero-order valence-electron chi connectivity index (χ0n) is 12.9. The average molecular weight is 307 g/mol. The number of phenolic OH excluding ortho intramolecular Hbond substituents is 1. The molecule has 2 rings (SSSR count). The number of amides is 1. The van der Waals surface area contributed by atoms with Gasteiger partial charge in [0.25, 0.3) is 5.91 Å². The molecule has 0 spiro atoms. The summed E-state index contributed by atoms with van der Waals surface area (Å²) in [6.45, 7) is 3.19. The van der Waals surface area contributed by atoms with E-state index in [-0.39, 0.29) is 23.8 Å². The third-order valence-electron chi connectivity index (χ3n) is 3.76. The third kappa shape index (κ3) is 3.90. The highest BCUT2D eigenvalue weighted by Crippen LogP contribution is 2.24. The van der Waals surface area contributed by atoms with Crippen molar-refractivity contribution in [1.82, 2.24) is 4.90 Å². The molecular weight excluding hydrogens is 286 g/mol. The molecule has 0 aliphatic carbocycles. The SMILES string of the molecule is COc1ccc(C(=O)OCC(=O)N2CCC[C@@H](C)C2)c(O)c1. The van der Waals surface area contributed by atoms with E-state index in [2.05, 4.69) is 6.92 Å². The monoisotopic (exact) mass is 307 g/mol. The molecule has 1 aromatic carbocycles. The van der Waals surface area contributed by atoms with Crippen molar-refractivity contribution in [1.29, 1.82) is 0 Å². The number of hydrogen-bond acceptors (Lipinski definition) is 5. The van der Waals surface area contributed by atoms with Gasteiger partial charge in [-0.25, -0.2) is 4.79 Å². The van der Waals surface area contributed by atoms with Crippen molar-refractivity contribution in [3.05, 3.63) is 23.8 Å². The van der Waals surface area contributed by atoms with Gasteiger partial charge in [0.05, 0.1) is 7.11 Å². The van der Waals surface area contributed by atoms with Gasteiger partial charge in [0.1, 0.15) is 17.1 Å². The maximum Gasteiger partial charge on any atom is 0.342 e. The highest BCUT2D eigenvalue weighted by molar-refractivity contribution is 5.94. The normalized spacial score (nSPS) is 17.9. The minimum absolute atomic E-state index is 0.0145. The molecule has 0 unspecified atom stereocenters. The van der Waals surface area contributed by atoms with E-state index in [1.165, 1.54) is 19.2 Å². The minimum Gasteiger partial charge on any atom is -0.507 e. The molecule has 0 aromatic heterocycles. The molecule has 1 aliphatic rings. The lowest BCUT2D eigenvalue weighted by molar-refractivity contribution is -0.136. The Morgan fingerprint density at radius 1 is 1.41 bits per heavy atom. The lowest BCUT2D eigenvalue weighted by Crippen LogP contribution is -2.41. The van der Waals surface area contributed by atoms with E-state index >= 15 is 0 Å². The highest BCUT2D eigenvalue weighted by Gasteiger charge is 2.22. The molecular formula is C16H21NO5. The maximum absolute atomic E-state index is 12.0. The second-order valence-corrected chi connectivity index (χ2v) is 5.55. The number of ether oxygens (including phenoxy) is 2. The summed E-state index contributed by atoms with van der Waals surface area (Å²) in [4.78, 5) is 25.7. The van der Waals surface area contributed by atoms with E-state index in [4.69, 9.17) is 9.47 Å². The van der Waals surface area contributed by atoms with Crippen LogP contribution < -0.4 is 4.74 Å². The highest BCUT2D eigenvalue weighted by atomic mass is 16.5. The lowest BCUT2D eigenvalue weighted by Gasteiger charge is -2.30. The van der Waals surface area contributed by atoms with Crippen LogP contribution in [0.3, 0.4) is 0 Å². The number of aromatic hydroxyl groups is 1. The van der Waals surface area contributed by atoms with Crippen molar-refractivity contribution in [3.63, 3.8) is 0 Å². The number of carbonyl (C=O) groups is 2. The molecule has 0 bridgehead atoms. The summed E-state index contributed by atoms with van der Waals surface area (Å²) in [5.41, 5.74) is 0.0145. The Morgan fingerprint density at radius 2 is 2.18 bits per heavy atom. The van der Waals surface area contributed by atoms with E-state index < -0.39 is 5.97 Å². The van der Waals surface area contributed by atoms with Crippen molar-refractivity contribution < 1.29 is 24.2 Å². The topological polar surface area (TPSA) is 76.1 Å². The van der Waals surface area contributed by atoms with Gasteiger partial charge in [0.15, 0.2) is 6.61 Å². The van der Waals surface area contributed by atoms with Crippen LogP contribution >= 0.6 is 0 Å². The molecule has 0 radical (unpaired) electrons. The van der Waals surface area contributed by atoms with E-state index in [0.29, 0.717) is 24.8 Å². The third-order valence-corrected chi connectivity index (χ3v) is 3.76. The van der Waals surface area contributed by atoms with Gasteiger partial charge >= 0.3 is 5.97 Å². The van der Waals surface area contributed by atoms with Gasteiger partial charge in [-0.15, -0.1) is 0 Å². The molecule has 1 aromatic rings. The predicted octanol–water partition coefficient (Wildman–Crippen LogP) is 1.82. The molecule has 1 aliphatic heterocycles. The Balaban J connectivity index is 1.91. The number of nitrogens with zero attached hydrogens (tertiary/aromatic N) is 1. The quantitative estimate of drug-likeness (QED) is 0.859. The molecule has 22 heavy (non-hydrogen) atoms. The fourth-order valence-corrected chi connectivity index (χ4v) is 2.52. The van der Waals surface area contributed by atoms with E-state index in [9.17, 15) is 14.7 Å². The van der Waals surface area contributed by atoms with Gasteiger partial charge in [-0.3, -0.25) is 4.79 Å². The van der Waals surface area contributed by atoms with Crippen molar-refractivity contribution in [3.8, 4) is 11.5 Å². The molecule has 1 saturated heterocycles. The summed E-state index contributed by atoms with van der Waals surface area (Å²) < 4.78 is 9.95. The van der Waals surface area contributed by atoms with Gasteiger partial charge in [0, 0.05) is 19.2 Å². The number of methoxy groups -OCH3 is 1. The Kier molecular flexibility index (Phi) is 5.25. The van der Waals surface area contributed by atoms with E-state index in [1.807, 2.05) is 0 Å². The molecule has 6 heteroatoms. The average Bonchev–Trinajstić information content (AvgIpc) is 2.52. The first-order valence-corrected chi connectivity index (χ1v) is 7.33. The van der Waals surface area contributed by atoms with Gasteiger partial charge in [-0.05, 0) is 30.9 Å². The number of esters is 1. The molecule has 1 N–H and O–H groups in total. The number of likely N-dealkylation sites (tertiary alicyclic amines) is 1. The van der Waals surface area contributed by atoms with Crippen LogP contribution in [0.25, 0.3) is 0 Å². The van der Waals surface area contributed by atoms with Crippen molar-refractivity contribution in [2.24, 2.45) is 5.92 Å². The number of rotatable bonds is 4. The smallest absolute Gasteiger partial charge is 0.342 e. The molecule has 120 valence electrons. The van der Waals surface area contributed by atoms with Crippen LogP contribution in [0.5, 0.6) is 11.5 Å². The minimum atomic E-state index is -0.724. The van der Waals surface area contributed by atoms with E-state index in [1.54, 1.807) is 11.0 Å². The van der Waals surface area contributed by atoms with Crippen LogP contribution in [0.2, 0.25) is 0 Å². The van der Waals surface area contributed by atoms with Crippen LogP contribution in [0, 0.1) is 5.92 Å². The van der Waals surface area contributed by atoms with Gasteiger partial charge < -0.3 is 19.5 Å². The predicted molar refractivity (Wildman–Crippen MR) is 79.9 cm³/mol. The van der Waals surface area contributed by atoms with Crippen LogP contribution in [-0.4, -0.2) is 48.7 Å². The largest absolute Gasteiger partial charge is 0.507 e. The Labute approximate surface area is 129 Å². The maximum atomic E-state index is 12.0. The van der Waals surface area contributed by atoms with Crippen molar-refractivity contribution in [2.45, 2.75) is 19.8 Å². The van der Waals surface area contributed by atoms with Crippen LogP contribution in [0.15, 0.2) is 18.2 Å². The second kappa shape index (κ2) is 7.15. The number of hydrogen-bond donors (Lipinski definition) is 1. The molecule has 1 amide bonds. The zero-order chi connectivity index (χ0) is 16.1. The first-order chi connectivity index (χ1) is 10.5. The molecule has 1 fully saturated rings. The van der Waals surface area contributed by atoms with Crippen molar-refractivity contribution >= 4 is 11.9 Å². The fourth-order valence-electron chi connectivity index (χ4n) is 2.52. The number of carbonyl (C=O) groups excluding carboxylic acids is 2. The van der Waals surface area contributed by atoms with E-state index in [0.717, 1.165) is 12.8 Å². The van der Waals surface area contributed by atoms with Gasteiger partial charge in [-0.1, -0.05) is 6.92 Å². The summed E-state index contributed by atoms with van der Waals surface area (Å²) >= 11 is 0. The number of phenols is 1.